The molecule has 3 nitrogen and oxygen atoms in total. The number of nitrogens with two attached hydrogens (primary N) is 1. The molecule has 2 N–H and O–H groups in total. The molecule has 0 atom stereocenters. The third-order valence-corrected chi connectivity index (χ3v) is 4.24. The fraction of sp³-hybridized carbons (Fsp3) is 0.625. The third-order valence-electron chi connectivity index (χ3n) is 4.24. The Kier molecular flexibility index (Phi) is 3.40. The molecule has 1 aliphatic carbocycles. The first kappa shape index (κ1) is 12.8. The lowest BCUT2D eigenvalue weighted by Crippen LogP contribution is -2.17. The molecule has 0 bridgehead atoms. The fourth-order valence-corrected chi connectivity index (χ4v) is 3.13. The van der Waals surface area contributed by atoms with Gasteiger partial charge in [-0.05, 0) is 68.2 Å². The van der Waals surface area contributed by atoms with Gasteiger partial charge in [-0.2, -0.15) is 0 Å². The number of rotatable bonds is 3. The van der Waals surface area contributed by atoms with Crippen LogP contribution in [0.4, 0.5) is 5.69 Å². The van der Waals surface area contributed by atoms with Crippen molar-refractivity contribution in [3.8, 4) is 5.75 Å². The SMILES string of the molecule is Cc1cc(N)c(OC2CC2)c(C)c1C1CCOCC1. The van der Waals surface area contributed by atoms with Gasteiger partial charge in [-0.1, -0.05) is 0 Å². The summed E-state index contributed by atoms with van der Waals surface area (Å²) in [5.41, 5.74) is 10.9. The zero-order valence-corrected chi connectivity index (χ0v) is 11.9. The highest BCUT2D eigenvalue weighted by Gasteiger charge is 2.28. The van der Waals surface area contributed by atoms with Gasteiger partial charge in [0.25, 0.3) is 0 Å². The Morgan fingerprint density at radius 1 is 1.16 bits per heavy atom. The standard InChI is InChI=1S/C16H23NO2/c1-10-9-14(17)16(19-13-3-4-13)11(2)15(10)12-5-7-18-8-6-12/h9,12-13H,3-8,17H2,1-2H3. The summed E-state index contributed by atoms with van der Waals surface area (Å²) in [4.78, 5) is 0. The van der Waals surface area contributed by atoms with Crippen LogP contribution in [0.2, 0.25) is 0 Å². The topological polar surface area (TPSA) is 44.5 Å². The molecule has 0 radical (unpaired) electrons. The van der Waals surface area contributed by atoms with E-state index >= 15 is 0 Å². The van der Waals surface area contributed by atoms with Crippen LogP contribution >= 0.6 is 0 Å². The largest absolute Gasteiger partial charge is 0.488 e. The van der Waals surface area contributed by atoms with Crippen molar-refractivity contribution in [2.75, 3.05) is 18.9 Å². The highest BCUT2D eigenvalue weighted by Crippen LogP contribution is 2.41. The predicted octanol–water partition coefficient (Wildman–Crippen LogP) is 3.32. The van der Waals surface area contributed by atoms with E-state index in [1.807, 2.05) is 0 Å². The molecule has 0 amide bonds. The van der Waals surface area contributed by atoms with Crippen molar-refractivity contribution in [1.82, 2.24) is 0 Å². The zero-order chi connectivity index (χ0) is 13.4. The van der Waals surface area contributed by atoms with Crippen molar-refractivity contribution in [3.05, 3.63) is 22.8 Å². The molecule has 1 aromatic rings. The smallest absolute Gasteiger partial charge is 0.145 e. The van der Waals surface area contributed by atoms with Gasteiger partial charge in [0, 0.05) is 13.2 Å². The Morgan fingerprint density at radius 3 is 2.47 bits per heavy atom. The quantitative estimate of drug-likeness (QED) is 0.849. The summed E-state index contributed by atoms with van der Waals surface area (Å²) in [6, 6.07) is 2.08. The van der Waals surface area contributed by atoms with Gasteiger partial charge in [-0.3, -0.25) is 0 Å². The lowest BCUT2D eigenvalue weighted by Gasteiger charge is -2.27. The number of nitrogen functional groups attached to an aromatic ring is 1. The lowest BCUT2D eigenvalue weighted by molar-refractivity contribution is 0.0850. The Hall–Kier alpha value is -1.22. The van der Waals surface area contributed by atoms with Gasteiger partial charge in [-0.25, -0.2) is 0 Å². The minimum Gasteiger partial charge on any atom is -0.488 e. The third kappa shape index (κ3) is 2.57. The summed E-state index contributed by atoms with van der Waals surface area (Å²) in [6.45, 7) is 6.06. The van der Waals surface area contributed by atoms with Crippen molar-refractivity contribution in [2.24, 2.45) is 0 Å². The van der Waals surface area contributed by atoms with Crippen molar-refractivity contribution in [2.45, 2.75) is 51.6 Å². The van der Waals surface area contributed by atoms with E-state index in [4.69, 9.17) is 15.2 Å². The number of ether oxygens (including phenoxy) is 2. The van der Waals surface area contributed by atoms with Gasteiger partial charge in [0.2, 0.25) is 0 Å². The summed E-state index contributed by atoms with van der Waals surface area (Å²) in [7, 11) is 0. The molecular weight excluding hydrogens is 238 g/mol. The van der Waals surface area contributed by atoms with Crippen LogP contribution in [0.15, 0.2) is 6.07 Å². The normalized spacial score (nSPS) is 20.5. The minimum absolute atomic E-state index is 0.395. The predicted molar refractivity (Wildman–Crippen MR) is 76.8 cm³/mol. The molecule has 3 rings (SSSR count). The van der Waals surface area contributed by atoms with Gasteiger partial charge < -0.3 is 15.2 Å². The van der Waals surface area contributed by atoms with Gasteiger partial charge in [-0.15, -0.1) is 0 Å². The first-order valence-electron chi connectivity index (χ1n) is 7.30. The second-order valence-electron chi connectivity index (χ2n) is 5.85. The average Bonchev–Trinajstić information content (AvgIpc) is 3.19. The number of aryl methyl sites for hydroxylation is 1. The summed E-state index contributed by atoms with van der Waals surface area (Å²) in [5, 5.41) is 0. The Balaban J connectivity index is 1.96. The fourth-order valence-electron chi connectivity index (χ4n) is 3.13. The Labute approximate surface area is 115 Å². The van der Waals surface area contributed by atoms with E-state index in [9.17, 15) is 0 Å². The zero-order valence-electron chi connectivity index (χ0n) is 11.9. The Morgan fingerprint density at radius 2 is 1.84 bits per heavy atom. The molecule has 0 unspecified atom stereocenters. The van der Waals surface area contributed by atoms with Crippen molar-refractivity contribution in [3.63, 3.8) is 0 Å². The summed E-state index contributed by atoms with van der Waals surface area (Å²) in [5.74, 6) is 1.52. The van der Waals surface area contributed by atoms with Gasteiger partial charge in [0.1, 0.15) is 5.75 Å². The maximum absolute atomic E-state index is 6.15. The minimum atomic E-state index is 0.395. The molecule has 0 aromatic heterocycles. The Bertz CT molecular complexity index is 474. The van der Waals surface area contributed by atoms with Crippen molar-refractivity contribution < 1.29 is 9.47 Å². The maximum Gasteiger partial charge on any atom is 0.145 e. The van der Waals surface area contributed by atoms with Gasteiger partial charge in [0.15, 0.2) is 0 Å². The molecule has 3 heteroatoms. The number of benzene rings is 1. The van der Waals surface area contributed by atoms with Crippen LogP contribution < -0.4 is 10.5 Å². The molecule has 2 aliphatic rings. The molecular formula is C16H23NO2. The first-order valence-corrected chi connectivity index (χ1v) is 7.30. The second-order valence-corrected chi connectivity index (χ2v) is 5.85. The highest BCUT2D eigenvalue weighted by molar-refractivity contribution is 5.62. The van der Waals surface area contributed by atoms with E-state index in [0.29, 0.717) is 12.0 Å². The van der Waals surface area contributed by atoms with Gasteiger partial charge >= 0.3 is 0 Å². The van der Waals surface area contributed by atoms with Crippen LogP contribution in [-0.4, -0.2) is 19.3 Å². The molecule has 1 saturated heterocycles. The van der Waals surface area contributed by atoms with Crippen molar-refractivity contribution >= 4 is 5.69 Å². The summed E-state index contributed by atoms with van der Waals surface area (Å²) >= 11 is 0. The lowest BCUT2D eigenvalue weighted by atomic mass is 9.85. The average molecular weight is 261 g/mol. The molecule has 104 valence electrons. The van der Waals surface area contributed by atoms with E-state index in [1.54, 1.807) is 0 Å². The van der Waals surface area contributed by atoms with Gasteiger partial charge in [0.05, 0.1) is 11.8 Å². The molecule has 19 heavy (non-hydrogen) atoms. The highest BCUT2D eigenvalue weighted by atomic mass is 16.5. The van der Waals surface area contributed by atoms with Crippen molar-refractivity contribution in [1.29, 1.82) is 0 Å². The van der Waals surface area contributed by atoms with E-state index in [1.165, 1.54) is 29.5 Å². The van der Waals surface area contributed by atoms with E-state index in [2.05, 4.69) is 19.9 Å². The molecule has 1 heterocycles. The number of hydrogen-bond donors (Lipinski definition) is 1. The van der Waals surface area contributed by atoms with E-state index in [-0.39, 0.29) is 0 Å². The summed E-state index contributed by atoms with van der Waals surface area (Å²) < 4.78 is 11.5. The van der Waals surface area contributed by atoms with Crippen LogP contribution in [-0.2, 0) is 4.74 Å². The molecule has 2 fully saturated rings. The second kappa shape index (κ2) is 5.04. The van der Waals surface area contributed by atoms with Crippen LogP contribution in [0.3, 0.4) is 0 Å². The molecule has 1 saturated carbocycles. The summed E-state index contributed by atoms with van der Waals surface area (Å²) in [6.07, 6.45) is 4.94. The first-order chi connectivity index (χ1) is 9.16. The van der Waals surface area contributed by atoms with Crippen LogP contribution in [0.25, 0.3) is 0 Å². The number of anilines is 1. The monoisotopic (exact) mass is 261 g/mol. The van der Waals surface area contributed by atoms with Crippen LogP contribution in [0, 0.1) is 13.8 Å². The molecule has 1 aromatic carbocycles. The van der Waals surface area contributed by atoms with Crippen LogP contribution in [0.1, 0.15) is 48.3 Å². The van der Waals surface area contributed by atoms with E-state index in [0.717, 1.165) is 37.5 Å². The number of hydrogen-bond acceptors (Lipinski definition) is 3. The maximum atomic E-state index is 6.15. The molecule has 1 aliphatic heterocycles. The molecule has 0 spiro atoms. The van der Waals surface area contributed by atoms with E-state index < -0.39 is 0 Å². The van der Waals surface area contributed by atoms with Crippen LogP contribution in [0.5, 0.6) is 5.75 Å².